The summed E-state index contributed by atoms with van der Waals surface area (Å²) in [6.45, 7) is 7.54. The van der Waals surface area contributed by atoms with Gasteiger partial charge < -0.3 is 24.7 Å². The lowest BCUT2D eigenvalue weighted by molar-refractivity contribution is -0.892. The van der Waals surface area contributed by atoms with Crippen molar-refractivity contribution < 1.29 is 14.8 Å². The van der Waals surface area contributed by atoms with E-state index in [4.69, 9.17) is 11.6 Å². The van der Waals surface area contributed by atoms with Gasteiger partial charge in [-0.05, 0) is 42.5 Å². The number of rotatable bonds is 4. The van der Waals surface area contributed by atoms with Gasteiger partial charge in [-0.2, -0.15) is 0 Å². The summed E-state index contributed by atoms with van der Waals surface area (Å²) in [6, 6.07) is 15.3. The van der Waals surface area contributed by atoms with Crippen molar-refractivity contribution in [3.05, 3.63) is 53.6 Å². The molecule has 0 aliphatic carbocycles. The highest BCUT2D eigenvalue weighted by atomic mass is 35.5. The first kappa shape index (κ1) is 19.9. The summed E-state index contributed by atoms with van der Waals surface area (Å²) in [4.78, 5) is 20.7. The van der Waals surface area contributed by atoms with Crippen molar-refractivity contribution in [1.82, 2.24) is 4.90 Å². The quantitative estimate of drug-likeness (QED) is 0.785. The van der Waals surface area contributed by atoms with Gasteiger partial charge in [-0.1, -0.05) is 17.7 Å². The van der Waals surface area contributed by atoms with E-state index in [-0.39, 0.29) is 5.91 Å². The number of carbonyl (C=O) groups excluding carboxylic acids is 1. The molecule has 0 atom stereocenters. The molecule has 0 spiro atoms. The van der Waals surface area contributed by atoms with Crippen molar-refractivity contribution in [3.63, 3.8) is 0 Å². The molecule has 29 heavy (non-hydrogen) atoms. The van der Waals surface area contributed by atoms with Crippen molar-refractivity contribution in [2.75, 3.05) is 68.7 Å². The lowest BCUT2D eigenvalue weighted by atomic mass is 10.2. The van der Waals surface area contributed by atoms with Crippen LogP contribution in [0.15, 0.2) is 48.5 Å². The maximum atomic E-state index is 12.8. The summed E-state index contributed by atoms with van der Waals surface area (Å²) in [5.74, 6) is 0.544. The normalized spacial score (nSPS) is 18.2. The lowest BCUT2D eigenvalue weighted by Crippen LogP contribution is -3.16. The summed E-state index contributed by atoms with van der Waals surface area (Å²) in [7, 11) is 0. The zero-order valence-corrected chi connectivity index (χ0v) is 17.3. The van der Waals surface area contributed by atoms with Crippen molar-refractivity contribution in [3.8, 4) is 5.75 Å². The highest BCUT2D eigenvalue weighted by Crippen LogP contribution is 2.21. The number of benzene rings is 2. The summed E-state index contributed by atoms with van der Waals surface area (Å²) < 4.78 is 0. The first-order chi connectivity index (χ1) is 14.1. The van der Waals surface area contributed by atoms with Crippen molar-refractivity contribution in [2.24, 2.45) is 0 Å². The number of piperazine rings is 2. The van der Waals surface area contributed by atoms with Crippen LogP contribution in [0.5, 0.6) is 5.75 Å². The highest BCUT2D eigenvalue weighted by molar-refractivity contribution is 6.30. The molecule has 2 N–H and O–H groups in total. The number of carbonyl (C=O) groups is 1. The van der Waals surface area contributed by atoms with Gasteiger partial charge in [0.1, 0.15) is 5.75 Å². The van der Waals surface area contributed by atoms with E-state index in [1.807, 2.05) is 35.2 Å². The van der Waals surface area contributed by atoms with E-state index in [2.05, 4.69) is 15.9 Å². The first-order valence-corrected chi connectivity index (χ1v) is 10.6. The third-order valence-corrected chi connectivity index (χ3v) is 6.13. The molecule has 6 nitrogen and oxygen atoms in total. The van der Waals surface area contributed by atoms with Crippen LogP contribution in [0.3, 0.4) is 0 Å². The Balaban J connectivity index is 1.23. The van der Waals surface area contributed by atoms with Crippen LogP contribution in [0.4, 0.5) is 11.4 Å². The van der Waals surface area contributed by atoms with E-state index in [1.165, 1.54) is 4.90 Å². The Bertz CT molecular complexity index is 829. The summed E-state index contributed by atoms with van der Waals surface area (Å²) in [5.41, 5.74) is 2.26. The molecule has 154 valence electrons. The number of hydrogen-bond donors (Lipinski definition) is 2. The monoisotopic (exact) mass is 415 g/mol. The van der Waals surface area contributed by atoms with E-state index in [0.29, 0.717) is 12.3 Å². The number of hydrogen-bond acceptors (Lipinski definition) is 4. The molecule has 2 fully saturated rings. The second-order valence-electron chi connectivity index (χ2n) is 7.78. The molecule has 2 aromatic rings. The van der Waals surface area contributed by atoms with E-state index < -0.39 is 0 Å². The standard InChI is InChI=1S/C22H27ClN4O2/c23-18-2-1-3-20(16-18)26-12-14-27(15-13-26)22(29)17-24-8-10-25(11-9-24)19-4-6-21(28)7-5-19/h1-7,16,28H,8-15,17H2/p+1. The van der Waals surface area contributed by atoms with Crippen LogP contribution < -0.4 is 14.7 Å². The highest BCUT2D eigenvalue weighted by Gasteiger charge is 2.27. The molecule has 2 aromatic carbocycles. The molecule has 0 aromatic heterocycles. The fourth-order valence-electron chi connectivity index (χ4n) is 4.13. The Morgan fingerprint density at radius 1 is 0.897 bits per heavy atom. The van der Waals surface area contributed by atoms with Crippen molar-refractivity contribution in [1.29, 1.82) is 0 Å². The number of nitrogens with one attached hydrogen (secondary N) is 1. The molecule has 2 saturated heterocycles. The molecule has 0 saturated carbocycles. The van der Waals surface area contributed by atoms with Gasteiger partial charge in [0.2, 0.25) is 0 Å². The molecule has 0 radical (unpaired) electrons. The van der Waals surface area contributed by atoms with Gasteiger partial charge in [0.25, 0.3) is 5.91 Å². The fraction of sp³-hybridized carbons (Fsp3) is 0.409. The number of phenolic OH excluding ortho intramolecular Hbond substituents is 1. The third-order valence-electron chi connectivity index (χ3n) is 5.89. The maximum Gasteiger partial charge on any atom is 0.277 e. The summed E-state index contributed by atoms with van der Waals surface area (Å²) in [5, 5.41) is 10.2. The number of phenols is 1. The van der Waals surface area contributed by atoms with E-state index >= 15 is 0 Å². The molecular weight excluding hydrogens is 388 g/mol. The Morgan fingerprint density at radius 2 is 1.55 bits per heavy atom. The van der Waals surface area contributed by atoms with E-state index in [9.17, 15) is 9.90 Å². The average molecular weight is 416 g/mol. The minimum Gasteiger partial charge on any atom is -0.508 e. The van der Waals surface area contributed by atoms with Crippen LogP contribution in [0, 0.1) is 0 Å². The maximum absolute atomic E-state index is 12.8. The second-order valence-corrected chi connectivity index (χ2v) is 8.21. The summed E-state index contributed by atoms with van der Waals surface area (Å²) >= 11 is 6.10. The Morgan fingerprint density at radius 3 is 2.21 bits per heavy atom. The Kier molecular flexibility index (Phi) is 6.11. The smallest absolute Gasteiger partial charge is 0.277 e. The van der Waals surface area contributed by atoms with Gasteiger partial charge in [0.15, 0.2) is 6.54 Å². The van der Waals surface area contributed by atoms with Crippen LogP contribution in [0.1, 0.15) is 0 Å². The van der Waals surface area contributed by atoms with Crippen LogP contribution in [0.2, 0.25) is 5.02 Å². The SMILES string of the molecule is O=C(C[NH+]1CCN(c2ccc(O)cc2)CC1)N1CCN(c2cccc(Cl)c2)CC1. The number of quaternary nitrogens is 1. The predicted octanol–water partition coefficient (Wildman–Crippen LogP) is 1.10. The minimum atomic E-state index is 0.254. The fourth-order valence-corrected chi connectivity index (χ4v) is 4.32. The lowest BCUT2D eigenvalue weighted by Gasteiger charge is -2.37. The molecule has 7 heteroatoms. The molecule has 2 aliphatic rings. The molecule has 2 heterocycles. The number of amides is 1. The zero-order valence-electron chi connectivity index (χ0n) is 16.6. The second kappa shape index (κ2) is 8.93. The molecule has 2 aliphatic heterocycles. The van der Waals surface area contributed by atoms with E-state index in [0.717, 1.165) is 68.8 Å². The van der Waals surface area contributed by atoms with Crippen molar-refractivity contribution in [2.45, 2.75) is 0 Å². The summed E-state index contributed by atoms with van der Waals surface area (Å²) in [6.07, 6.45) is 0. The number of aromatic hydroxyl groups is 1. The van der Waals surface area contributed by atoms with Gasteiger partial charge in [-0.15, -0.1) is 0 Å². The average Bonchev–Trinajstić information content (AvgIpc) is 2.75. The molecular formula is C22H28ClN4O2+. The molecule has 0 bridgehead atoms. The van der Waals surface area contributed by atoms with Gasteiger partial charge in [0.05, 0.1) is 26.2 Å². The van der Waals surface area contributed by atoms with E-state index in [1.54, 1.807) is 12.1 Å². The Labute approximate surface area is 176 Å². The predicted molar refractivity (Wildman–Crippen MR) is 116 cm³/mol. The van der Waals surface area contributed by atoms with Gasteiger partial charge in [-0.25, -0.2) is 0 Å². The van der Waals surface area contributed by atoms with Crippen LogP contribution in [-0.2, 0) is 4.79 Å². The molecule has 0 unspecified atom stereocenters. The van der Waals surface area contributed by atoms with Crippen LogP contribution in [-0.4, -0.2) is 74.8 Å². The number of halogens is 1. The van der Waals surface area contributed by atoms with Crippen LogP contribution >= 0.6 is 11.6 Å². The van der Waals surface area contributed by atoms with Crippen LogP contribution in [0.25, 0.3) is 0 Å². The first-order valence-electron chi connectivity index (χ1n) is 10.2. The number of anilines is 2. The Hall–Kier alpha value is -2.44. The topological polar surface area (TPSA) is 51.5 Å². The molecule has 4 rings (SSSR count). The largest absolute Gasteiger partial charge is 0.508 e. The minimum absolute atomic E-state index is 0.254. The number of nitrogens with zero attached hydrogens (tertiary/aromatic N) is 3. The third kappa shape index (κ3) is 4.95. The van der Waals surface area contributed by atoms with Gasteiger partial charge >= 0.3 is 0 Å². The zero-order chi connectivity index (χ0) is 20.2. The van der Waals surface area contributed by atoms with Gasteiger partial charge in [0, 0.05) is 42.6 Å². The molecule has 1 amide bonds. The van der Waals surface area contributed by atoms with Crippen molar-refractivity contribution >= 4 is 28.9 Å². The van der Waals surface area contributed by atoms with Gasteiger partial charge in [-0.3, -0.25) is 4.79 Å².